The summed E-state index contributed by atoms with van der Waals surface area (Å²) in [6.07, 6.45) is 3.24. The predicted molar refractivity (Wildman–Crippen MR) is 120 cm³/mol. The van der Waals surface area contributed by atoms with Crippen molar-refractivity contribution in [2.24, 2.45) is 0 Å². The zero-order valence-corrected chi connectivity index (χ0v) is 18.2. The van der Waals surface area contributed by atoms with Crippen LogP contribution in [0.3, 0.4) is 0 Å². The molecule has 8 heteroatoms. The number of halogens is 1. The maximum Gasteiger partial charge on any atom is 0.322 e. The summed E-state index contributed by atoms with van der Waals surface area (Å²) < 4.78 is 26.2. The largest absolute Gasteiger partial charge is 0.421 e. The second kappa shape index (κ2) is 9.23. The van der Waals surface area contributed by atoms with Crippen molar-refractivity contribution in [2.45, 2.75) is 20.8 Å². The van der Waals surface area contributed by atoms with Gasteiger partial charge >= 0.3 is 6.01 Å². The van der Waals surface area contributed by atoms with Gasteiger partial charge in [0.05, 0.1) is 18.9 Å². The van der Waals surface area contributed by atoms with Crippen molar-refractivity contribution in [1.82, 2.24) is 20.3 Å². The molecule has 0 unspecified atom stereocenters. The summed E-state index contributed by atoms with van der Waals surface area (Å²) >= 11 is 0. The fraction of sp³-hybridized carbons (Fsp3) is 0.250. The number of morpholine rings is 1. The number of nitrogens with zero attached hydrogens (tertiary/aromatic N) is 3. The third kappa shape index (κ3) is 4.65. The first-order valence-electron chi connectivity index (χ1n) is 10.3. The topological polar surface area (TPSA) is 93.0 Å². The average Bonchev–Trinajstić information content (AvgIpc) is 2.76. The first kappa shape index (κ1) is 21.6. The number of pyridine rings is 1. The molecule has 0 radical (unpaired) electrons. The van der Waals surface area contributed by atoms with Gasteiger partial charge in [0.25, 0.3) is 0 Å². The molecule has 0 saturated carbocycles. The van der Waals surface area contributed by atoms with Crippen LogP contribution in [0.4, 0.5) is 4.39 Å². The van der Waals surface area contributed by atoms with Gasteiger partial charge in [-0.05, 0) is 56.2 Å². The Morgan fingerprint density at radius 1 is 1.12 bits per heavy atom. The van der Waals surface area contributed by atoms with Gasteiger partial charge in [-0.15, -0.1) is 0 Å². The first-order valence-corrected chi connectivity index (χ1v) is 10.3. The molecular formula is C24H24FN5O2. The van der Waals surface area contributed by atoms with Gasteiger partial charge in [0.2, 0.25) is 0 Å². The van der Waals surface area contributed by atoms with E-state index >= 15 is 4.39 Å². The third-order valence-electron chi connectivity index (χ3n) is 5.09. The quantitative estimate of drug-likeness (QED) is 0.588. The van der Waals surface area contributed by atoms with E-state index in [0.29, 0.717) is 36.5 Å². The lowest BCUT2D eigenvalue weighted by molar-refractivity contribution is 0.133. The molecule has 0 aliphatic carbocycles. The summed E-state index contributed by atoms with van der Waals surface area (Å²) in [4.78, 5) is 12.5. The number of hydrogen-bond acceptors (Lipinski definition) is 7. The van der Waals surface area contributed by atoms with Crippen LogP contribution in [0.2, 0.25) is 0 Å². The molecule has 1 aromatic carbocycles. The number of ether oxygens (including phenoxy) is 2. The number of hydrogen-bond donors (Lipinski definition) is 2. The maximum atomic E-state index is 15.0. The predicted octanol–water partition coefficient (Wildman–Crippen LogP) is 4.13. The maximum absolute atomic E-state index is 15.0. The van der Waals surface area contributed by atoms with Gasteiger partial charge in [0.1, 0.15) is 0 Å². The standard InChI is InChI=1S/C24H24FN5O2/c1-14-10-16(3)29-12-18(14)23(26)22(20-13-31-9-8-27-20)17-4-5-21(19(25)11-17)32-24-28-7-6-15(2)30-24/h4-7,10-12,26-27H,8-9,13H2,1-3H3/b22-20-,26-23?. The summed E-state index contributed by atoms with van der Waals surface area (Å²) in [7, 11) is 0. The summed E-state index contributed by atoms with van der Waals surface area (Å²) in [6, 6.07) is 8.34. The molecular weight excluding hydrogens is 409 g/mol. The average molecular weight is 433 g/mol. The number of aromatic nitrogens is 3. The van der Waals surface area contributed by atoms with Crippen LogP contribution in [0.5, 0.6) is 11.8 Å². The molecule has 3 aromatic rings. The number of rotatable bonds is 5. The van der Waals surface area contributed by atoms with Gasteiger partial charge in [-0.1, -0.05) is 6.07 Å². The molecule has 2 N–H and O–H groups in total. The fourth-order valence-electron chi connectivity index (χ4n) is 3.53. The molecule has 3 heterocycles. The van der Waals surface area contributed by atoms with Gasteiger partial charge in [-0.25, -0.2) is 14.4 Å². The Balaban J connectivity index is 1.73. The Bertz CT molecular complexity index is 1200. The molecule has 4 rings (SSSR count). The van der Waals surface area contributed by atoms with E-state index < -0.39 is 5.82 Å². The highest BCUT2D eigenvalue weighted by Gasteiger charge is 2.21. The van der Waals surface area contributed by atoms with E-state index in [0.717, 1.165) is 22.6 Å². The van der Waals surface area contributed by atoms with Crippen molar-refractivity contribution in [2.75, 3.05) is 19.8 Å². The van der Waals surface area contributed by atoms with Crippen LogP contribution in [0.1, 0.15) is 28.1 Å². The van der Waals surface area contributed by atoms with Crippen LogP contribution < -0.4 is 10.1 Å². The number of benzene rings is 1. The number of aryl methyl sites for hydroxylation is 3. The molecule has 1 aliphatic rings. The van der Waals surface area contributed by atoms with Crippen molar-refractivity contribution >= 4 is 11.3 Å². The van der Waals surface area contributed by atoms with E-state index in [9.17, 15) is 0 Å². The third-order valence-corrected chi connectivity index (χ3v) is 5.09. The second-order valence-electron chi connectivity index (χ2n) is 7.58. The van der Waals surface area contributed by atoms with Crippen molar-refractivity contribution in [3.63, 3.8) is 0 Å². The highest BCUT2D eigenvalue weighted by atomic mass is 19.1. The normalized spacial score (nSPS) is 15.1. The minimum Gasteiger partial charge on any atom is -0.421 e. The lowest BCUT2D eigenvalue weighted by Crippen LogP contribution is -2.31. The Kier molecular flexibility index (Phi) is 6.23. The van der Waals surface area contributed by atoms with E-state index in [2.05, 4.69) is 20.3 Å². The number of allylic oxidation sites excluding steroid dienone is 1. The highest BCUT2D eigenvalue weighted by Crippen LogP contribution is 2.30. The minimum atomic E-state index is -0.575. The molecule has 0 atom stereocenters. The van der Waals surface area contributed by atoms with E-state index in [-0.39, 0.29) is 17.5 Å². The SMILES string of the molecule is Cc1cc(C)c(C(=N)/C(=C2/COCCN2)c2ccc(Oc3nccc(C)n3)c(F)c2)cn1. The van der Waals surface area contributed by atoms with Gasteiger partial charge < -0.3 is 14.8 Å². The summed E-state index contributed by atoms with van der Waals surface area (Å²) in [5.74, 6) is -0.565. The summed E-state index contributed by atoms with van der Waals surface area (Å²) in [5, 5.41) is 12.2. The van der Waals surface area contributed by atoms with Crippen molar-refractivity contribution in [1.29, 1.82) is 5.41 Å². The molecule has 0 amide bonds. The fourth-order valence-corrected chi connectivity index (χ4v) is 3.53. The number of nitrogens with one attached hydrogen (secondary N) is 2. The minimum absolute atomic E-state index is 0.0104. The van der Waals surface area contributed by atoms with E-state index in [1.165, 1.54) is 12.1 Å². The Hall–Kier alpha value is -3.65. The molecule has 0 spiro atoms. The van der Waals surface area contributed by atoms with E-state index in [4.69, 9.17) is 14.9 Å². The smallest absolute Gasteiger partial charge is 0.322 e. The molecule has 7 nitrogen and oxygen atoms in total. The lowest BCUT2D eigenvalue weighted by Gasteiger charge is -2.23. The van der Waals surface area contributed by atoms with Crippen molar-refractivity contribution in [3.05, 3.63) is 82.3 Å². The van der Waals surface area contributed by atoms with Crippen LogP contribution in [0.25, 0.3) is 5.57 Å². The second-order valence-corrected chi connectivity index (χ2v) is 7.58. The molecule has 1 saturated heterocycles. The Morgan fingerprint density at radius 2 is 1.97 bits per heavy atom. The van der Waals surface area contributed by atoms with Crippen LogP contribution in [-0.2, 0) is 4.74 Å². The molecule has 0 bridgehead atoms. The van der Waals surface area contributed by atoms with Crippen LogP contribution in [0.15, 0.2) is 48.4 Å². The zero-order valence-electron chi connectivity index (χ0n) is 18.2. The van der Waals surface area contributed by atoms with Crippen LogP contribution >= 0.6 is 0 Å². The molecule has 2 aromatic heterocycles. The Morgan fingerprint density at radius 3 is 2.66 bits per heavy atom. The van der Waals surface area contributed by atoms with Gasteiger partial charge in [0, 0.05) is 47.2 Å². The molecule has 32 heavy (non-hydrogen) atoms. The summed E-state index contributed by atoms with van der Waals surface area (Å²) in [5.41, 5.74) is 5.29. The van der Waals surface area contributed by atoms with Gasteiger partial charge in [-0.3, -0.25) is 10.4 Å². The van der Waals surface area contributed by atoms with Crippen molar-refractivity contribution in [3.8, 4) is 11.8 Å². The highest BCUT2D eigenvalue weighted by molar-refractivity contribution is 6.31. The Labute approximate surface area is 185 Å². The molecule has 164 valence electrons. The van der Waals surface area contributed by atoms with E-state index in [1.807, 2.05) is 19.9 Å². The first-order chi connectivity index (χ1) is 15.4. The van der Waals surface area contributed by atoms with Crippen molar-refractivity contribution < 1.29 is 13.9 Å². The van der Waals surface area contributed by atoms with E-state index in [1.54, 1.807) is 31.5 Å². The molecule has 1 aliphatic heterocycles. The lowest BCUT2D eigenvalue weighted by atomic mass is 9.92. The van der Waals surface area contributed by atoms with Gasteiger partial charge in [-0.2, -0.15) is 0 Å². The van der Waals surface area contributed by atoms with Crippen LogP contribution in [0, 0.1) is 32.0 Å². The monoisotopic (exact) mass is 433 g/mol. The summed E-state index contributed by atoms with van der Waals surface area (Å²) in [6.45, 7) is 7.15. The molecule has 1 fully saturated rings. The zero-order chi connectivity index (χ0) is 22.7. The van der Waals surface area contributed by atoms with Gasteiger partial charge in [0.15, 0.2) is 11.6 Å². The van der Waals surface area contributed by atoms with Crippen LogP contribution in [-0.4, -0.2) is 40.4 Å².